The summed E-state index contributed by atoms with van der Waals surface area (Å²) in [5, 5.41) is 10.9. The van der Waals surface area contributed by atoms with E-state index in [0.29, 0.717) is 56.3 Å². The van der Waals surface area contributed by atoms with Crippen LogP contribution in [0.2, 0.25) is 0 Å². The normalized spacial score (nSPS) is 11.2. The maximum Gasteiger partial charge on any atom is 0.342 e. The molecule has 4 rings (SSSR count). The molecular weight excluding hydrogens is 528 g/mol. The monoisotopic (exact) mass is 560 g/mol. The Morgan fingerprint density at radius 3 is 2.58 bits per heavy atom. The van der Waals surface area contributed by atoms with Crippen LogP contribution in [0.1, 0.15) is 21.7 Å². The summed E-state index contributed by atoms with van der Waals surface area (Å²) in [4.78, 5) is 31.5. The van der Waals surface area contributed by atoms with Crippen LogP contribution < -0.4 is 16.4 Å². The van der Waals surface area contributed by atoms with Crippen molar-refractivity contribution in [1.82, 2.24) is 25.4 Å². The number of hydrogen-bond acceptors (Lipinski definition) is 8. The van der Waals surface area contributed by atoms with Gasteiger partial charge < -0.3 is 25.8 Å². The molecule has 0 bridgehead atoms. The van der Waals surface area contributed by atoms with Gasteiger partial charge in [-0.3, -0.25) is 9.78 Å². The molecule has 2 amide bonds. The number of carbonyl (C=O) groups is 2. The quantitative estimate of drug-likeness (QED) is 0.211. The van der Waals surface area contributed by atoms with Crippen molar-refractivity contribution in [1.29, 1.82) is 0 Å². The van der Waals surface area contributed by atoms with Crippen molar-refractivity contribution in [3.8, 4) is 0 Å². The highest BCUT2D eigenvalue weighted by atomic mass is 32.2. The first kappa shape index (κ1) is 29.0. The lowest BCUT2D eigenvalue weighted by atomic mass is 10.2. The van der Waals surface area contributed by atoms with Crippen LogP contribution in [0, 0.1) is 0 Å². The van der Waals surface area contributed by atoms with Gasteiger partial charge >= 0.3 is 6.03 Å². The highest BCUT2D eigenvalue weighted by Crippen LogP contribution is 2.33. The Bertz CT molecular complexity index is 1460. The summed E-state index contributed by atoms with van der Waals surface area (Å²) < 4.78 is 12.1. The largest absolute Gasteiger partial charge is 0.378 e. The van der Waals surface area contributed by atoms with Crippen LogP contribution in [0.15, 0.2) is 76.7 Å². The maximum atomic E-state index is 13.2. The molecule has 0 aliphatic rings. The maximum absolute atomic E-state index is 13.2. The molecule has 0 atom stereocenters. The van der Waals surface area contributed by atoms with Gasteiger partial charge in [0.15, 0.2) is 0 Å². The number of hydrogen-bond donors (Lipinski definition) is 3. The van der Waals surface area contributed by atoms with E-state index in [-0.39, 0.29) is 11.9 Å². The van der Waals surface area contributed by atoms with Gasteiger partial charge in [-0.1, -0.05) is 30.0 Å². The van der Waals surface area contributed by atoms with Gasteiger partial charge in [-0.05, 0) is 54.6 Å². The first-order valence-corrected chi connectivity index (χ1v) is 13.7. The van der Waals surface area contributed by atoms with E-state index < -0.39 is 0 Å². The van der Waals surface area contributed by atoms with E-state index in [1.165, 1.54) is 16.4 Å². The highest BCUT2D eigenvalue weighted by molar-refractivity contribution is 7.99. The minimum absolute atomic E-state index is 0.163. The number of nitrogens with zero attached hydrogens (tertiary/aromatic N) is 3. The Balaban J connectivity index is 1.56. The van der Waals surface area contributed by atoms with Crippen molar-refractivity contribution in [2.45, 2.75) is 9.79 Å². The third-order valence-corrected chi connectivity index (χ3v) is 6.78. The third-order valence-electron chi connectivity index (χ3n) is 5.72. The van der Waals surface area contributed by atoms with Crippen LogP contribution in [-0.2, 0) is 9.47 Å². The first-order chi connectivity index (χ1) is 19.6. The zero-order valence-corrected chi connectivity index (χ0v) is 23.0. The Morgan fingerprint density at radius 1 is 1.00 bits per heavy atom. The fourth-order valence-corrected chi connectivity index (χ4v) is 4.79. The van der Waals surface area contributed by atoms with Crippen molar-refractivity contribution < 1.29 is 19.1 Å². The lowest BCUT2D eigenvalue weighted by Crippen LogP contribution is -2.32. The topological polar surface area (TPSA) is 133 Å². The number of nitrogens with one attached hydrogen (secondary N) is 2. The average molecular weight is 561 g/mol. The molecule has 0 spiro atoms. The molecule has 2 heterocycles. The molecule has 0 saturated heterocycles. The van der Waals surface area contributed by atoms with Crippen molar-refractivity contribution in [2.75, 3.05) is 46.6 Å². The molecule has 11 heteroatoms. The molecule has 4 N–H and O–H groups in total. The van der Waals surface area contributed by atoms with E-state index in [1.807, 2.05) is 66.7 Å². The second-order valence-corrected chi connectivity index (χ2v) is 9.60. The van der Waals surface area contributed by atoms with Gasteiger partial charge in [0.25, 0.3) is 5.91 Å². The van der Waals surface area contributed by atoms with Crippen LogP contribution in [0.25, 0.3) is 23.1 Å². The molecule has 4 aromatic rings. The number of rotatable bonds is 13. The van der Waals surface area contributed by atoms with Crippen LogP contribution in [-0.4, -0.2) is 73.3 Å². The molecule has 208 valence electrons. The molecule has 0 saturated carbocycles. The predicted octanol–water partition coefficient (Wildman–Crippen LogP) is 3.66. The van der Waals surface area contributed by atoms with E-state index in [2.05, 4.69) is 20.7 Å². The zero-order valence-electron chi connectivity index (χ0n) is 22.2. The number of benzene rings is 2. The molecule has 40 heavy (non-hydrogen) atoms. The standard InChI is InChI=1S/C29H32N6O4S/c1-31-28(36)24-7-2-3-8-27(24)40-22-10-11-23-25(12-9-21-6-4-5-14-32-21)34-35(26(23)20-22)29(37)33-15-17-39-19-18-38-16-13-30/h2-12,14,20H,13,15-19,30H2,1H3,(H,31,36)(H,33,37)/b12-9+. The zero-order chi connectivity index (χ0) is 28.2. The summed E-state index contributed by atoms with van der Waals surface area (Å²) in [6.45, 7) is 2.46. The SMILES string of the molecule is CNC(=O)c1ccccc1Sc1ccc2c(/C=C/c3ccccn3)nn(C(=O)NCCOCCOCCN)c2c1. The lowest BCUT2D eigenvalue weighted by molar-refractivity contribution is 0.0524. The van der Waals surface area contributed by atoms with Crippen LogP contribution >= 0.6 is 11.8 Å². The molecule has 0 fully saturated rings. The summed E-state index contributed by atoms with van der Waals surface area (Å²) in [6.07, 6.45) is 5.41. The van der Waals surface area contributed by atoms with Gasteiger partial charge in [-0.15, -0.1) is 0 Å². The van der Waals surface area contributed by atoms with Crippen LogP contribution in [0.5, 0.6) is 0 Å². The van der Waals surface area contributed by atoms with E-state index in [9.17, 15) is 9.59 Å². The van der Waals surface area contributed by atoms with Gasteiger partial charge in [-0.25, -0.2) is 4.79 Å². The summed E-state index contributed by atoms with van der Waals surface area (Å²) in [5.41, 5.74) is 8.02. The fourth-order valence-electron chi connectivity index (χ4n) is 3.81. The Morgan fingerprint density at radius 2 is 1.80 bits per heavy atom. The number of carbonyl (C=O) groups excluding carboxylic acids is 2. The molecular formula is C29H32N6O4S. The summed E-state index contributed by atoms with van der Waals surface area (Å²) in [7, 11) is 1.60. The molecule has 2 aromatic heterocycles. The second-order valence-electron chi connectivity index (χ2n) is 8.49. The van der Waals surface area contributed by atoms with Gasteiger partial charge in [0, 0.05) is 41.5 Å². The second kappa shape index (κ2) is 14.9. The van der Waals surface area contributed by atoms with Crippen LogP contribution in [0.4, 0.5) is 4.79 Å². The van der Waals surface area contributed by atoms with Gasteiger partial charge in [0.1, 0.15) is 0 Å². The molecule has 10 nitrogen and oxygen atoms in total. The van der Waals surface area contributed by atoms with Crippen molar-refractivity contribution in [2.24, 2.45) is 5.73 Å². The predicted molar refractivity (Wildman–Crippen MR) is 156 cm³/mol. The number of pyridine rings is 1. The highest BCUT2D eigenvalue weighted by Gasteiger charge is 2.17. The first-order valence-electron chi connectivity index (χ1n) is 12.9. The minimum atomic E-state index is -0.377. The minimum Gasteiger partial charge on any atom is -0.378 e. The Kier molecular flexibility index (Phi) is 10.8. The summed E-state index contributed by atoms with van der Waals surface area (Å²) in [5.74, 6) is -0.163. The number of fused-ring (bicyclic) bond motifs is 1. The van der Waals surface area contributed by atoms with Crippen molar-refractivity contribution in [3.05, 3.63) is 83.8 Å². The van der Waals surface area contributed by atoms with Crippen LogP contribution in [0.3, 0.4) is 0 Å². The molecule has 0 aliphatic heterocycles. The van der Waals surface area contributed by atoms with E-state index in [4.69, 9.17) is 15.2 Å². The van der Waals surface area contributed by atoms with E-state index in [1.54, 1.807) is 19.3 Å². The summed E-state index contributed by atoms with van der Waals surface area (Å²) in [6, 6.07) is 18.4. The molecule has 0 unspecified atom stereocenters. The lowest BCUT2D eigenvalue weighted by Gasteiger charge is -2.09. The average Bonchev–Trinajstić information content (AvgIpc) is 3.35. The number of ether oxygens (including phenoxy) is 2. The fraction of sp³-hybridized carbons (Fsp3) is 0.241. The van der Waals surface area contributed by atoms with Gasteiger partial charge in [0.05, 0.1) is 48.9 Å². The molecule has 2 aromatic carbocycles. The Hall–Kier alpha value is -4.03. The van der Waals surface area contributed by atoms with E-state index in [0.717, 1.165) is 20.9 Å². The number of nitrogens with two attached hydrogens (primary N) is 1. The Labute approximate surface area is 236 Å². The number of aromatic nitrogens is 3. The van der Waals surface area contributed by atoms with E-state index >= 15 is 0 Å². The van der Waals surface area contributed by atoms with Gasteiger partial charge in [0.2, 0.25) is 0 Å². The summed E-state index contributed by atoms with van der Waals surface area (Å²) >= 11 is 1.44. The van der Waals surface area contributed by atoms with Crippen molar-refractivity contribution in [3.63, 3.8) is 0 Å². The molecule has 0 radical (unpaired) electrons. The number of amides is 2. The smallest absolute Gasteiger partial charge is 0.342 e. The molecule has 0 aliphatic carbocycles. The van der Waals surface area contributed by atoms with Crippen molar-refractivity contribution >= 4 is 46.8 Å². The van der Waals surface area contributed by atoms with Gasteiger partial charge in [-0.2, -0.15) is 9.78 Å². The third kappa shape index (κ3) is 7.76.